The largest absolute Gasteiger partial charge is 0.486 e. The Morgan fingerprint density at radius 3 is 2.09 bits per heavy atom. The van der Waals surface area contributed by atoms with Gasteiger partial charge < -0.3 is 90.8 Å². The van der Waals surface area contributed by atoms with E-state index in [2.05, 4.69) is 31.4 Å². The molecule has 422 valence electrons. The summed E-state index contributed by atoms with van der Waals surface area (Å²) in [7, 11) is 0. The number of benzene rings is 2. The average Bonchev–Trinajstić information content (AvgIpc) is 3.91. The fourth-order valence-corrected chi connectivity index (χ4v) is 8.91. The van der Waals surface area contributed by atoms with Crippen LogP contribution in [0.1, 0.15) is 65.5 Å². The monoisotopic (exact) mass is 1080 g/mol. The summed E-state index contributed by atoms with van der Waals surface area (Å²) < 4.78 is 22.3. The summed E-state index contributed by atoms with van der Waals surface area (Å²) in [5.41, 5.74) is -0.0103. The van der Waals surface area contributed by atoms with Crippen molar-refractivity contribution < 1.29 is 87.9 Å². The van der Waals surface area contributed by atoms with Crippen LogP contribution in [0.4, 0.5) is 4.79 Å². The molecule has 26 nitrogen and oxygen atoms in total. The first-order chi connectivity index (χ1) is 36.3. The maximum atomic E-state index is 14.7. The molecule has 3 heterocycles. The lowest BCUT2D eigenvalue weighted by molar-refractivity contribution is -0.147. The van der Waals surface area contributed by atoms with Gasteiger partial charge in [-0.1, -0.05) is 43.3 Å². The van der Waals surface area contributed by atoms with E-state index in [0.717, 1.165) is 22.3 Å². The van der Waals surface area contributed by atoms with E-state index in [1.54, 1.807) is 0 Å². The van der Waals surface area contributed by atoms with Crippen molar-refractivity contribution in [1.29, 1.82) is 0 Å². The van der Waals surface area contributed by atoms with Gasteiger partial charge in [-0.05, 0) is 51.0 Å². The predicted octanol–water partition coefficient (Wildman–Crippen LogP) is -2.83. The minimum absolute atomic E-state index is 0.103. The topological polar surface area (TPSA) is 366 Å². The second-order valence-electron chi connectivity index (χ2n) is 20.3. The number of esters is 1. The number of amides is 7. The quantitative estimate of drug-likeness (QED) is 0.0516. The van der Waals surface area contributed by atoms with E-state index >= 15 is 0 Å². The Balaban J connectivity index is 1.58. The lowest BCUT2D eigenvalue weighted by Crippen LogP contribution is -2.64. The van der Waals surface area contributed by atoms with Gasteiger partial charge in [-0.25, -0.2) is 11.4 Å². The predicted molar refractivity (Wildman–Crippen MR) is 268 cm³/mol. The number of nitrogens with one attached hydrogen (secondary N) is 5. The molecule has 11 N–H and O–H groups in total. The van der Waals surface area contributed by atoms with Gasteiger partial charge in [0.2, 0.25) is 42.0 Å². The normalized spacial score (nSPS) is 27.2. The molecular formula is C51H70N8O18. The van der Waals surface area contributed by atoms with Crippen LogP contribution in [0.5, 0.6) is 11.5 Å². The fraction of sp³-hybridized carbons (Fsp3) is 0.588. The number of rotatable bonds is 14. The third-order valence-electron chi connectivity index (χ3n) is 12.7. The summed E-state index contributed by atoms with van der Waals surface area (Å²) in [4.78, 5) is 116. The molecule has 3 fully saturated rings. The summed E-state index contributed by atoms with van der Waals surface area (Å²) in [6.07, 6.45) is -13.1. The lowest BCUT2D eigenvalue weighted by atomic mass is 9.99. The average molecular weight is 1080 g/mol. The minimum Gasteiger partial charge on any atom is -0.486 e. The molecule has 3 aliphatic heterocycles. The highest BCUT2D eigenvalue weighted by Crippen LogP contribution is 2.31. The zero-order chi connectivity index (χ0) is 56.9. The van der Waals surface area contributed by atoms with Crippen LogP contribution >= 0.6 is 0 Å². The maximum absolute atomic E-state index is 14.7. The van der Waals surface area contributed by atoms with Gasteiger partial charge in [0.15, 0.2) is 17.6 Å². The molecule has 0 spiro atoms. The van der Waals surface area contributed by atoms with E-state index in [1.165, 1.54) is 52.8 Å². The third kappa shape index (κ3) is 16.9. The van der Waals surface area contributed by atoms with Crippen molar-refractivity contribution in [2.24, 2.45) is 5.92 Å². The molecule has 3 saturated heterocycles. The van der Waals surface area contributed by atoms with Crippen LogP contribution in [-0.2, 0) is 56.1 Å². The molecule has 3 aliphatic rings. The Labute approximate surface area is 444 Å². The highest BCUT2D eigenvalue weighted by Gasteiger charge is 2.50. The summed E-state index contributed by atoms with van der Waals surface area (Å²) in [5.74, 6) is -8.02. The van der Waals surface area contributed by atoms with E-state index in [0.29, 0.717) is 0 Å². The number of hydrogen-bond acceptors (Lipinski definition) is 18. The highest BCUT2D eigenvalue weighted by atomic mass is 16.6. The number of carbonyl (C=O) groups excluding carboxylic acids is 8. The molecule has 0 aliphatic carbocycles. The lowest BCUT2D eigenvalue weighted by Gasteiger charge is -2.33. The van der Waals surface area contributed by atoms with Crippen molar-refractivity contribution in [2.45, 2.75) is 146 Å². The van der Waals surface area contributed by atoms with Crippen molar-refractivity contribution in [3.8, 4) is 11.5 Å². The van der Waals surface area contributed by atoms with Crippen molar-refractivity contribution in [3.05, 3.63) is 71.1 Å². The van der Waals surface area contributed by atoms with E-state index in [9.17, 15) is 69.0 Å². The van der Waals surface area contributed by atoms with Gasteiger partial charge in [0.05, 0.1) is 30.5 Å². The van der Waals surface area contributed by atoms with Gasteiger partial charge in [-0.15, -0.1) is 0 Å². The first-order valence-electron chi connectivity index (χ1n) is 25.0. The minimum atomic E-state index is -2.10. The van der Waals surface area contributed by atoms with E-state index in [1.807, 2.05) is 30.3 Å². The molecule has 0 saturated carbocycles. The number of alkyl carbamates (subject to hydrolysis) is 1. The number of hydrogen-bond donors (Lipinski definition) is 11. The van der Waals surface area contributed by atoms with Crippen LogP contribution < -0.4 is 36.1 Å². The van der Waals surface area contributed by atoms with Gasteiger partial charge in [0, 0.05) is 51.7 Å². The summed E-state index contributed by atoms with van der Waals surface area (Å²) in [5, 5.41) is 79.6. The molecule has 26 heteroatoms. The standard InChI is InChI=1S/C51H70N8O18/c1-26-23-59-42(43(26)66)47(70)53-21-31(62)19-33(54-50(73)77-51(4,5)6)44(67)55-39(27(2)60)48(71)58-24-32(63)20-34(58)45(68)56-40(46(69)57-41(49(59)72)36(65)22-52-7)35(64)17-30-13-14-37(76-25-29-11-9-8-10-12-29)38(18-30)75-16-15-74-28(3)61/h8-14,18,26-27,31-36,39-43,60,62-66H,15-17,19-25H2,1-6H3,(H,53,70)(H,54,73)(H,55,67)(H,56,68)(H,57,69)/t26-,27+,31+,32+,33?,34-,35+,36+,39-,40-,41-,42-,43-/m0/s1. The summed E-state index contributed by atoms with van der Waals surface area (Å²) in [6.45, 7) is 13.4. The first kappa shape index (κ1) is 60.7. The number of nitrogens with zero attached hydrogens (tertiary/aromatic N) is 3. The van der Waals surface area contributed by atoms with E-state index in [-0.39, 0.29) is 43.4 Å². The molecule has 5 rings (SSSR count). The zero-order valence-electron chi connectivity index (χ0n) is 43.6. The van der Waals surface area contributed by atoms with Crippen LogP contribution in [0.3, 0.4) is 0 Å². The number of carbonyl (C=O) groups is 8. The van der Waals surface area contributed by atoms with Crippen molar-refractivity contribution in [1.82, 2.24) is 36.4 Å². The molecule has 2 aromatic rings. The van der Waals surface area contributed by atoms with Gasteiger partial charge in [-0.3, -0.25) is 33.6 Å². The zero-order valence-corrected chi connectivity index (χ0v) is 43.6. The maximum Gasteiger partial charge on any atom is 0.408 e. The summed E-state index contributed by atoms with van der Waals surface area (Å²) in [6, 6.07) is 2.38. The van der Waals surface area contributed by atoms with E-state index < -0.39 is 171 Å². The molecule has 0 aromatic heterocycles. The Morgan fingerprint density at radius 1 is 0.779 bits per heavy atom. The molecule has 77 heavy (non-hydrogen) atoms. The molecule has 0 bridgehead atoms. The van der Waals surface area contributed by atoms with Gasteiger partial charge in [0.1, 0.15) is 61.7 Å². The molecule has 7 amide bonds. The Hall–Kier alpha value is -7.15. The fourth-order valence-electron chi connectivity index (χ4n) is 8.91. The smallest absolute Gasteiger partial charge is 0.408 e. The second kappa shape index (κ2) is 27.2. The van der Waals surface area contributed by atoms with Crippen LogP contribution in [0.25, 0.3) is 4.85 Å². The Bertz CT molecular complexity index is 2470. The molecule has 1 unspecified atom stereocenters. The molecule has 2 aromatic carbocycles. The third-order valence-corrected chi connectivity index (χ3v) is 12.7. The number of aliphatic hydroxyl groups excluding tert-OH is 6. The second-order valence-corrected chi connectivity index (χ2v) is 20.3. The van der Waals surface area contributed by atoms with Crippen LogP contribution in [0.15, 0.2) is 48.5 Å². The van der Waals surface area contributed by atoms with Crippen LogP contribution in [0, 0.1) is 12.5 Å². The first-order valence-corrected chi connectivity index (χ1v) is 25.0. The van der Waals surface area contributed by atoms with Crippen LogP contribution in [0.2, 0.25) is 0 Å². The van der Waals surface area contributed by atoms with Crippen molar-refractivity contribution >= 4 is 47.5 Å². The highest BCUT2D eigenvalue weighted by molar-refractivity contribution is 5.98. The van der Waals surface area contributed by atoms with Gasteiger partial charge >= 0.3 is 12.1 Å². The molecular weight excluding hydrogens is 1010 g/mol. The number of β-amino-alcohol motifs (C(OH)–C–C–N with tert-alkyl or cyclic N) is 1. The van der Waals surface area contributed by atoms with Crippen molar-refractivity contribution in [3.63, 3.8) is 0 Å². The van der Waals surface area contributed by atoms with Gasteiger partial charge in [0.25, 0.3) is 0 Å². The van der Waals surface area contributed by atoms with E-state index in [4.69, 9.17) is 25.5 Å². The van der Waals surface area contributed by atoms with Gasteiger partial charge in [-0.2, -0.15) is 0 Å². The van der Waals surface area contributed by atoms with Crippen LogP contribution in [-0.4, -0.2) is 206 Å². The number of aliphatic hydroxyl groups is 6. The number of fused-ring (bicyclic) bond motifs is 2. The van der Waals surface area contributed by atoms with Crippen molar-refractivity contribution in [2.75, 3.05) is 39.4 Å². The SMILES string of the molecule is [C-]#[N+]C[C@@H](O)[C@@H]1NC(=O)[C@H]([C@H](O)Cc2ccc(OCc3ccccc3)c(OCCOC(C)=O)c2)NC(=O)[C@@H]2C[C@@H](O)CN2C(=O)[C@H]([C@@H](C)O)NC(=O)C(NC(=O)OC(C)(C)C)C[C@@H](O)CNC(=O)[C@@H]2[C@@H](O)[C@@H](C)CN2C1=O. The molecule has 0 radical (unpaired) electrons. The Morgan fingerprint density at radius 2 is 1.44 bits per heavy atom. The summed E-state index contributed by atoms with van der Waals surface area (Å²) >= 11 is 0. The molecule has 13 atom stereocenters. The Kier molecular flexibility index (Phi) is 21.5. The number of ether oxygens (including phenoxy) is 4.